The second-order valence-corrected chi connectivity index (χ2v) is 10.9. The molecule has 2 amide bonds. The molecule has 2 aromatic carbocycles. The largest absolute Gasteiger partial charge is 0.459 e. The number of hydrazone groups is 1. The molecule has 4 rings (SSSR count). The van der Waals surface area contributed by atoms with Crippen LogP contribution in [0.2, 0.25) is 5.02 Å². The predicted octanol–water partition coefficient (Wildman–Crippen LogP) is 3.07. The zero-order valence-corrected chi connectivity index (χ0v) is 22.0. The van der Waals surface area contributed by atoms with E-state index >= 15 is 0 Å². The molecule has 0 bridgehead atoms. The van der Waals surface area contributed by atoms with E-state index in [0.717, 1.165) is 18.4 Å². The van der Waals surface area contributed by atoms with Crippen molar-refractivity contribution >= 4 is 39.7 Å². The summed E-state index contributed by atoms with van der Waals surface area (Å²) in [5.74, 6) is -1.11. The Labute approximate surface area is 225 Å². The number of nitrogens with one attached hydrogen (secondary N) is 2. The van der Waals surface area contributed by atoms with Gasteiger partial charge in [0, 0.05) is 24.7 Å². The molecule has 2 heterocycles. The van der Waals surface area contributed by atoms with E-state index in [1.54, 1.807) is 12.1 Å². The molecule has 0 aliphatic carbocycles. The molecule has 12 heteroatoms. The molecule has 1 aliphatic heterocycles. The summed E-state index contributed by atoms with van der Waals surface area (Å²) in [6, 6.07) is 18.3. The minimum Gasteiger partial charge on any atom is -0.459 e. The molecular formula is C26H27ClN4O6S. The molecule has 0 spiro atoms. The van der Waals surface area contributed by atoms with Crippen molar-refractivity contribution in [3.63, 3.8) is 0 Å². The van der Waals surface area contributed by atoms with Crippen LogP contribution in [0, 0.1) is 0 Å². The van der Waals surface area contributed by atoms with Crippen LogP contribution >= 0.6 is 11.6 Å². The number of hydrogen-bond acceptors (Lipinski definition) is 7. The fourth-order valence-corrected chi connectivity index (χ4v) is 5.31. The highest BCUT2D eigenvalue weighted by Gasteiger charge is 2.26. The average Bonchev–Trinajstić information content (AvgIpc) is 3.60. The number of halogens is 1. The Morgan fingerprint density at radius 1 is 1.03 bits per heavy atom. The zero-order valence-electron chi connectivity index (χ0n) is 20.4. The van der Waals surface area contributed by atoms with Gasteiger partial charge in [-0.1, -0.05) is 41.9 Å². The summed E-state index contributed by atoms with van der Waals surface area (Å²) >= 11 is 5.94. The fraction of sp³-hybridized carbons (Fsp3) is 0.269. The van der Waals surface area contributed by atoms with Gasteiger partial charge in [0.25, 0.3) is 0 Å². The summed E-state index contributed by atoms with van der Waals surface area (Å²) in [6.45, 7) is 0.980. The molecule has 3 aromatic rings. The fourth-order valence-electron chi connectivity index (χ4n) is 3.79. The van der Waals surface area contributed by atoms with Crippen LogP contribution in [0.3, 0.4) is 0 Å². The Hall–Kier alpha value is -3.51. The monoisotopic (exact) mass is 558 g/mol. The van der Waals surface area contributed by atoms with Gasteiger partial charge in [0.05, 0.1) is 23.8 Å². The number of sulfonamides is 1. The summed E-state index contributed by atoms with van der Waals surface area (Å²) in [7, 11) is -3.88. The third-order valence-electron chi connectivity index (χ3n) is 5.75. The van der Waals surface area contributed by atoms with Crippen molar-refractivity contribution in [3.05, 3.63) is 88.8 Å². The first-order chi connectivity index (χ1) is 18.3. The normalized spacial score (nSPS) is 15.7. The molecule has 1 atom stereocenters. The van der Waals surface area contributed by atoms with Crippen LogP contribution in [0.5, 0.6) is 0 Å². The Morgan fingerprint density at radius 3 is 2.50 bits per heavy atom. The topological polar surface area (TPSA) is 130 Å². The highest BCUT2D eigenvalue weighted by molar-refractivity contribution is 7.89. The minimum absolute atomic E-state index is 0.0499. The highest BCUT2D eigenvalue weighted by Crippen LogP contribution is 2.23. The van der Waals surface area contributed by atoms with Gasteiger partial charge in [-0.3, -0.25) is 9.59 Å². The summed E-state index contributed by atoms with van der Waals surface area (Å²) in [5, 5.41) is 6.69. The van der Waals surface area contributed by atoms with Crippen molar-refractivity contribution in [3.8, 4) is 0 Å². The minimum atomic E-state index is -3.88. The maximum atomic E-state index is 13.4. The lowest BCUT2D eigenvalue weighted by molar-refractivity contribution is -0.139. The van der Waals surface area contributed by atoms with Gasteiger partial charge < -0.3 is 14.5 Å². The van der Waals surface area contributed by atoms with E-state index in [1.165, 1.54) is 34.8 Å². The first-order valence-electron chi connectivity index (χ1n) is 11.9. The molecule has 1 fully saturated rings. The lowest BCUT2D eigenvalue weighted by Crippen LogP contribution is -2.41. The number of furan rings is 1. The second kappa shape index (κ2) is 12.8. The summed E-state index contributed by atoms with van der Waals surface area (Å²) in [6.07, 6.45) is 2.91. The van der Waals surface area contributed by atoms with Gasteiger partial charge in [0.1, 0.15) is 11.5 Å². The number of nitrogens with zero attached hydrogens (tertiary/aromatic N) is 2. The molecule has 200 valence electrons. The maximum Gasteiger partial charge on any atom is 0.329 e. The molecule has 1 aliphatic rings. The van der Waals surface area contributed by atoms with Crippen LogP contribution in [0.1, 0.15) is 29.9 Å². The SMILES string of the molecule is O=C(NC[C@@H]1CCCO1)C(=O)N/N=C/c1ccc(CN(Cc2ccccc2)S(=O)(=O)c2ccc(Cl)cc2)o1. The number of hydrogen-bond donors (Lipinski definition) is 2. The van der Waals surface area contributed by atoms with Crippen molar-refractivity contribution in [2.24, 2.45) is 5.10 Å². The Morgan fingerprint density at radius 2 is 1.79 bits per heavy atom. The highest BCUT2D eigenvalue weighted by atomic mass is 35.5. The molecule has 0 saturated carbocycles. The number of carbonyl (C=O) groups is 2. The lowest BCUT2D eigenvalue weighted by atomic mass is 10.2. The Bertz CT molecular complexity index is 1370. The van der Waals surface area contributed by atoms with Gasteiger partial charge in [-0.25, -0.2) is 13.8 Å². The smallest absolute Gasteiger partial charge is 0.329 e. The molecule has 1 saturated heterocycles. The molecule has 0 unspecified atom stereocenters. The van der Waals surface area contributed by atoms with E-state index in [9.17, 15) is 18.0 Å². The maximum absolute atomic E-state index is 13.4. The molecular weight excluding hydrogens is 532 g/mol. The standard InChI is InChI=1S/C26H27ClN4O6S/c27-20-8-12-24(13-9-20)38(34,35)31(17-19-5-2-1-3-6-19)18-23-11-10-22(37-23)16-29-30-26(33)25(32)28-15-21-7-4-14-36-21/h1-3,5-6,8-13,16,21H,4,7,14-15,17-18H2,(H,28,32)(H,30,33)/b29-16+/t21-/m0/s1. The van der Waals surface area contributed by atoms with Gasteiger partial charge in [-0.15, -0.1) is 0 Å². The third-order valence-corrected chi connectivity index (χ3v) is 7.80. The Balaban J connectivity index is 1.39. The van der Waals surface area contributed by atoms with Gasteiger partial charge in [-0.2, -0.15) is 9.41 Å². The van der Waals surface area contributed by atoms with E-state index in [2.05, 4.69) is 15.8 Å². The summed E-state index contributed by atoms with van der Waals surface area (Å²) in [5.41, 5.74) is 2.94. The Kier molecular flexibility index (Phi) is 9.29. The number of amides is 2. The van der Waals surface area contributed by atoms with Crippen LogP contribution in [0.4, 0.5) is 0 Å². The van der Waals surface area contributed by atoms with Crippen molar-refractivity contribution in [2.75, 3.05) is 13.2 Å². The lowest BCUT2D eigenvalue weighted by Gasteiger charge is -2.21. The molecule has 10 nitrogen and oxygen atoms in total. The van der Waals surface area contributed by atoms with Crippen molar-refractivity contribution in [1.29, 1.82) is 0 Å². The molecule has 1 aromatic heterocycles. The molecule has 0 radical (unpaired) electrons. The zero-order chi connectivity index (χ0) is 27.0. The van der Waals surface area contributed by atoms with E-state index in [4.69, 9.17) is 20.8 Å². The third kappa shape index (κ3) is 7.51. The number of carbonyl (C=O) groups excluding carboxylic acids is 2. The number of ether oxygens (including phenoxy) is 1. The van der Waals surface area contributed by atoms with Crippen LogP contribution in [0.15, 0.2) is 81.1 Å². The predicted molar refractivity (Wildman–Crippen MR) is 141 cm³/mol. The quantitative estimate of drug-likeness (QED) is 0.223. The average molecular weight is 559 g/mol. The van der Waals surface area contributed by atoms with Crippen molar-refractivity contribution in [1.82, 2.24) is 15.0 Å². The molecule has 2 N–H and O–H groups in total. The van der Waals surface area contributed by atoms with Gasteiger partial charge >= 0.3 is 11.8 Å². The first kappa shape index (κ1) is 27.5. The van der Waals surface area contributed by atoms with Crippen molar-refractivity contribution < 1.29 is 27.2 Å². The van der Waals surface area contributed by atoms with Crippen molar-refractivity contribution in [2.45, 2.75) is 36.9 Å². The van der Waals surface area contributed by atoms with E-state index in [0.29, 0.717) is 17.4 Å². The summed E-state index contributed by atoms with van der Waals surface area (Å²) < 4.78 is 39.3. The summed E-state index contributed by atoms with van der Waals surface area (Å²) in [4.78, 5) is 23.9. The number of rotatable bonds is 10. The van der Waals surface area contributed by atoms with E-state index in [-0.39, 0.29) is 36.4 Å². The van der Waals surface area contributed by atoms with Gasteiger partial charge in [0.15, 0.2) is 0 Å². The first-order valence-corrected chi connectivity index (χ1v) is 13.7. The van der Waals surface area contributed by atoms with E-state index in [1.807, 2.05) is 30.3 Å². The van der Waals surface area contributed by atoms with Crippen LogP contribution in [0.25, 0.3) is 0 Å². The van der Waals surface area contributed by atoms with Crippen LogP contribution in [-0.4, -0.2) is 50.0 Å². The van der Waals surface area contributed by atoms with Crippen LogP contribution < -0.4 is 10.7 Å². The van der Waals surface area contributed by atoms with Gasteiger partial charge in [-0.05, 0) is 54.8 Å². The number of benzene rings is 2. The van der Waals surface area contributed by atoms with Gasteiger partial charge in [0.2, 0.25) is 10.0 Å². The van der Waals surface area contributed by atoms with Crippen LogP contribution in [-0.2, 0) is 37.4 Å². The second-order valence-electron chi connectivity index (χ2n) is 8.56. The molecule has 38 heavy (non-hydrogen) atoms. The van der Waals surface area contributed by atoms with E-state index < -0.39 is 21.8 Å².